The summed E-state index contributed by atoms with van der Waals surface area (Å²) in [4.78, 5) is 2.63. The minimum atomic E-state index is -0.0111. The van der Waals surface area contributed by atoms with E-state index in [0.29, 0.717) is 11.6 Å². The van der Waals surface area contributed by atoms with Crippen molar-refractivity contribution in [3.63, 3.8) is 0 Å². The van der Waals surface area contributed by atoms with Crippen molar-refractivity contribution in [1.29, 1.82) is 0 Å². The van der Waals surface area contributed by atoms with Gasteiger partial charge in [-0.2, -0.15) is 0 Å². The topological polar surface area (TPSA) is 24.5 Å². The van der Waals surface area contributed by atoms with Crippen LogP contribution in [-0.2, 0) is 4.74 Å². The third-order valence-corrected chi connectivity index (χ3v) is 4.39. The van der Waals surface area contributed by atoms with Crippen molar-refractivity contribution in [2.24, 2.45) is 0 Å². The summed E-state index contributed by atoms with van der Waals surface area (Å²) >= 11 is 0. The molecular weight excluding hydrogens is 212 g/mol. The number of methoxy groups -OCH3 is 1. The summed E-state index contributed by atoms with van der Waals surface area (Å²) in [5.74, 6) is 0. The zero-order chi connectivity index (χ0) is 13.1. The highest BCUT2D eigenvalue weighted by Crippen LogP contribution is 2.25. The van der Waals surface area contributed by atoms with Gasteiger partial charge in [-0.25, -0.2) is 0 Å². The summed E-state index contributed by atoms with van der Waals surface area (Å²) in [5.41, 5.74) is 0.291. The molecule has 0 bridgehead atoms. The lowest BCUT2D eigenvalue weighted by Gasteiger charge is -2.48. The van der Waals surface area contributed by atoms with E-state index in [4.69, 9.17) is 4.74 Å². The van der Waals surface area contributed by atoms with Crippen LogP contribution in [0.2, 0.25) is 0 Å². The van der Waals surface area contributed by atoms with Crippen LogP contribution in [0.1, 0.15) is 47.5 Å². The number of piperazine rings is 1. The van der Waals surface area contributed by atoms with E-state index in [1.807, 2.05) is 0 Å². The Labute approximate surface area is 107 Å². The van der Waals surface area contributed by atoms with E-state index in [-0.39, 0.29) is 5.60 Å². The van der Waals surface area contributed by atoms with E-state index in [1.54, 1.807) is 7.11 Å². The molecule has 0 aromatic carbocycles. The maximum atomic E-state index is 5.52. The lowest BCUT2D eigenvalue weighted by molar-refractivity contribution is -0.0144. The average molecular weight is 242 g/mol. The minimum absolute atomic E-state index is 0.0111. The molecule has 1 fully saturated rings. The molecule has 1 aliphatic rings. The van der Waals surface area contributed by atoms with Crippen LogP contribution >= 0.6 is 0 Å². The Morgan fingerprint density at radius 3 is 2.65 bits per heavy atom. The van der Waals surface area contributed by atoms with Crippen LogP contribution in [0, 0.1) is 0 Å². The summed E-state index contributed by atoms with van der Waals surface area (Å²) < 4.78 is 5.52. The van der Waals surface area contributed by atoms with Gasteiger partial charge in [0.15, 0.2) is 0 Å². The fourth-order valence-electron chi connectivity index (χ4n) is 2.34. The predicted octanol–water partition coefficient (Wildman–Crippen LogP) is 2.26. The van der Waals surface area contributed by atoms with Gasteiger partial charge >= 0.3 is 0 Å². The summed E-state index contributed by atoms with van der Waals surface area (Å²) in [5, 5.41) is 3.59. The molecule has 1 aliphatic heterocycles. The number of ether oxygens (including phenoxy) is 1. The van der Waals surface area contributed by atoms with E-state index in [0.717, 1.165) is 26.1 Å². The molecule has 1 heterocycles. The molecule has 0 aliphatic carbocycles. The standard InChI is InChI=1S/C14H30N2O/c1-7-14(5)11-15-12(2)10-16(14)9-8-13(3,4)17-6/h12,15H,7-11H2,1-6H3. The third-order valence-electron chi connectivity index (χ3n) is 4.39. The second-order valence-corrected chi connectivity index (χ2v) is 6.29. The predicted molar refractivity (Wildman–Crippen MR) is 73.4 cm³/mol. The highest BCUT2D eigenvalue weighted by atomic mass is 16.5. The smallest absolute Gasteiger partial charge is 0.0634 e. The minimum Gasteiger partial charge on any atom is -0.379 e. The van der Waals surface area contributed by atoms with Gasteiger partial charge in [-0.1, -0.05) is 6.92 Å². The van der Waals surface area contributed by atoms with Crippen LogP contribution in [0.5, 0.6) is 0 Å². The number of nitrogens with zero attached hydrogens (tertiary/aromatic N) is 1. The maximum Gasteiger partial charge on any atom is 0.0634 e. The Morgan fingerprint density at radius 2 is 2.12 bits per heavy atom. The lowest BCUT2D eigenvalue weighted by Crippen LogP contribution is -2.62. The molecule has 1 rings (SSSR count). The van der Waals surface area contributed by atoms with Gasteiger partial charge in [0, 0.05) is 38.3 Å². The molecule has 0 aromatic heterocycles. The van der Waals surface area contributed by atoms with E-state index in [1.165, 1.54) is 6.42 Å². The molecular formula is C14H30N2O. The molecule has 1 N–H and O–H groups in total. The second-order valence-electron chi connectivity index (χ2n) is 6.29. The quantitative estimate of drug-likeness (QED) is 0.800. The van der Waals surface area contributed by atoms with Gasteiger partial charge in [0.2, 0.25) is 0 Å². The fraction of sp³-hybridized carbons (Fsp3) is 1.00. The number of nitrogens with one attached hydrogen (secondary N) is 1. The third kappa shape index (κ3) is 3.94. The molecule has 0 spiro atoms. The van der Waals surface area contributed by atoms with Gasteiger partial charge in [0.1, 0.15) is 0 Å². The lowest BCUT2D eigenvalue weighted by atomic mass is 9.91. The molecule has 0 radical (unpaired) electrons. The van der Waals surface area contributed by atoms with Crippen LogP contribution in [0.3, 0.4) is 0 Å². The fourth-order valence-corrected chi connectivity index (χ4v) is 2.34. The maximum absolute atomic E-state index is 5.52. The van der Waals surface area contributed by atoms with E-state index < -0.39 is 0 Å². The molecule has 17 heavy (non-hydrogen) atoms. The molecule has 1 saturated heterocycles. The van der Waals surface area contributed by atoms with Gasteiger partial charge in [-0.05, 0) is 40.5 Å². The number of rotatable bonds is 5. The Morgan fingerprint density at radius 1 is 1.47 bits per heavy atom. The zero-order valence-electron chi connectivity index (χ0n) is 12.5. The first-order valence-corrected chi connectivity index (χ1v) is 6.86. The Hall–Kier alpha value is -0.120. The van der Waals surface area contributed by atoms with Crippen molar-refractivity contribution in [3.05, 3.63) is 0 Å². The van der Waals surface area contributed by atoms with E-state index in [9.17, 15) is 0 Å². The normalized spacial score (nSPS) is 31.8. The Bertz CT molecular complexity index is 242. The monoisotopic (exact) mass is 242 g/mol. The van der Waals surface area contributed by atoms with Crippen molar-refractivity contribution in [2.75, 3.05) is 26.7 Å². The van der Waals surface area contributed by atoms with E-state index in [2.05, 4.69) is 44.8 Å². The second kappa shape index (κ2) is 5.68. The van der Waals surface area contributed by atoms with Gasteiger partial charge in [0.25, 0.3) is 0 Å². The van der Waals surface area contributed by atoms with Crippen molar-refractivity contribution >= 4 is 0 Å². The van der Waals surface area contributed by atoms with Crippen LogP contribution in [-0.4, -0.2) is 48.8 Å². The molecule has 3 nitrogen and oxygen atoms in total. The highest BCUT2D eigenvalue weighted by molar-refractivity contribution is 4.94. The SMILES string of the molecule is CCC1(C)CNC(C)CN1CCC(C)(C)OC. The molecule has 2 unspecified atom stereocenters. The number of hydrogen-bond donors (Lipinski definition) is 1. The zero-order valence-corrected chi connectivity index (χ0v) is 12.5. The van der Waals surface area contributed by atoms with Crippen LogP contribution in [0.15, 0.2) is 0 Å². The first-order valence-electron chi connectivity index (χ1n) is 6.86. The van der Waals surface area contributed by atoms with Gasteiger partial charge in [-0.15, -0.1) is 0 Å². The molecule has 102 valence electrons. The Balaban J connectivity index is 2.59. The first-order chi connectivity index (χ1) is 7.83. The summed E-state index contributed by atoms with van der Waals surface area (Å²) in [6.45, 7) is 14.6. The average Bonchev–Trinajstić information content (AvgIpc) is 2.30. The van der Waals surface area contributed by atoms with Gasteiger partial charge < -0.3 is 10.1 Å². The molecule has 3 heteroatoms. The highest BCUT2D eigenvalue weighted by Gasteiger charge is 2.35. The Kier molecular flexibility index (Phi) is 4.99. The van der Waals surface area contributed by atoms with Crippen LogP contribution in [0.4, 0.5) is 0 Å². The van der Waals surface area contributed by atoms with Crippen molar-refractivity contribution in [2.45, 2.75) is 64.6 Å². The largest absolute Gasteiger partial charge is 0.379 e. The molecule has 0 saturated carbocycles. The summed E-state index contributed by atoms with van der Waals surface area (Å²) in [7, 11) is 1.80. The first kappa shape index (κ1) is 14.9. The number of hydrogen-bond acceptors (Lipinski definition) is 3. The van der Waals surface area contributed by atoms with Crippen molar-refractivity contribution in [1.82, 2.24) is 10.2 Å². The summed E-state index contributed by atoms with van der Waals surface area (Å²) in [6.07, 6.45) is 2.28. The van der Waals surface area contributed by atoms with Crippen molar-refractivity contribution in [3.8, 4) is 0 Å². The van der Waals surface area contributed by atoms with Crippen LogP contribution < -0.4 is 5.32 Å². The molecule has 0 aromatic rings. The van der Waals surface area contributed by atoms with Gasteiger partial charge in [-0.3, -0.25) is 4.90 Å². The van der Waals surface area contributed by atoms with Gasteiger partial charge in [0.05, 0.1) is 5.60 Å². The van der Waals surface area contributed by atoms with Crippen molar-refractivity contribution < 1.29 is 4.74 Å². The summed E-state index contributed by atoms with van der Waals surface area (Å²) in [6, 6.07) is 0.597. The molecule has 0 amide bonds. The molecule has 2 atom stereocenters. The van der Waals surface area contributed by atoms with E-state index >= 15 is 0 Å². The van der Waals surface area contributed by atoms with Crippen LogP contribution in [0.25, 0.3) is 0 Å².